The van der Waals surface area contributed by atoms with Gasteiger partial charge in [-0.3, -0.25) is 4.79 Å². The highest BCUT2D eigenvalue weighted by Gasteiger charge is 2.30. The average molecular weight is 334 g/mol. The number of rotatable bonds is 4. The molecular formula is C18H13F3O3. The van der Waals surface area contributed by atoms with Crippen LogP contribution in [0.4, 0.5) is 13.2 Å². The first-order chi connectivity index (χ1) is 11.3. The molecule has 0 N–H and O–H groups in total. The van der Waals surface area contributed by atoms with Crippen LogP contribution in [0.3, 0.4) is 0 Å². The van der Waals surface area contributed by atoms with Crippen molar-refractivity contribution < 1.29 is 27.5 Å². The summed E-state index contributed by atoms with van der Waals surface area (Å²) in [7, 11) is 1.27. The number of hydrogen-bond donors (Lipinski definition) is 0. The van der Waals surface area contributed by atoms with Crippen LogP contribution in [0.5, 0.6) is 0 Å². The van der Waals surface area contributed by atoms with E-state index >= 15 is 0 Å². The molecule has 6 heteroatoms. The van der Waals surface area contributed by atoms with Crippen LogP contribution in [0.15, 0.2) is 54.6 Å². The van der Waals surface area contributed by atoms with E-state index < -0.39 is 23.5 Å². The number of esters is 1. The molecule has 3 nitrogen and oxygen atoms in total. The number of hydrogen-bond acceptors (Lipinski definition) is 3. The van der Waals surface area contributed by atoms with Crippen LogP contribution < -0.4 is 0 Å². The summed E-state index contributed by atoms with van der Waals surface area (Å²) in [6.07, 6.45) is -1.85. The van der Waals surface area contributed by atoms with E-state index in [9.17, 15) is 22.8 Å². The fourth-order valence-corrected chi connectivity index (χ4v) is 1.97. The molecular weight excluding hydrogens is 321 g/mol. The molecule has 0 aromatic heterocycles. The van der Waals surface area contributed by atoms with Gasteiger partial charge in [0.05, 0.1) is 18.2 Å². The third kappa shape index (κ3) is 4.32. The molecule has 0 aliphatic rings. The van der Waals surface area contributed by atoms with E-state index in [4.69, 9.17) is 0 Å². The third-order valence-electron chi connectivity index (χ3n) is 3.23. The molecule has 2 rings (SSSR count). The largest absolute Gasteiger partial charge is 0.465 e. The highest BCUT2D eigenvalue weighted by Crippen LogP contribution is 2.29. The lowest BCUT2D eigenvalue weighted by Gasteiger charge is -2.07. The van der Waals surface area contributed by atoms with Gasteiger partial charge in [0.2, 0.25) is 0 Å². The Bertz CT molecular complexity index is 775. The Morgan fingerprint density at radius 2 is 1.67 bits per heavy atom. The average Bonchev–Trinajstić information content (AvgIpc) is 2.58. The molecule has 2 aromatic carbocycles. The third-order valence-corrected chi connectivity index (χ3v) is 3.23. The molecule has 0 saturated carbocycles. The van der Waals surface area contributed by atoms with E-state index in [0.29, 0.717) is 11.1 Å². The van der Waals surface area contributed by atoms with Gasteiger partial charge in [0.25, 0.3) is 0 Å². The minimum atomic E-state index is -4.50. The molecule has 24 heavy (non-hydrogen) atoms. The fourth-order valence-electron chi connectivity index (χ4n) is 1.97. The zero-order valence-corrected chi connectivity index (χ0v) is 12.6. The number of ketones is 1. The highest BCUT2D eigenvalue weighted by atomic mass is 19.4. The van der Waals surface area contributed by atoms with Gasteiger partial charge in [-0.2, -0.15) is 13.2 Å². The summed E-state index contributed by atoms with van der Waals surface area (Å²) in [4.78, 5) is 23.3. The number of carbonyl (C=O) groups is 2. The maximum absolute atomic E-state index is 12.6. The van der Waals surface area contributed by atoms with Crippen molar-refractivity contribution >= 4 is 17.8 Å². The van der Waals surface area contributed by atoms with Gasteiger partial charge < -0.3 is 4.74 Å². The van der Waals surface area contributed by atoms with E-state index in [1.165, 1.54) is 43.5 Å². The van der Waals surface area contributed by atoms with E-state index in [1.807, 2.05) is 0 Å². The maximum Gasteiger partial charge on any atom is 0.416 e. The summed E-state index contributed by atoms with van der Waals surface area (Å²) in [6, 6.07) is 10.5. The molecule has 0 amide bonds. The van der Waals surface area contributed by atoms with Crippen LogP contribution in [0.2, 0.25) is 0 Å². The number of allylic oxidation sites excluding steroid dienone is 1. The number of ether oxygens (including phenoxy) is 1. The Balaban J connectivity index is 2.14. The summed E-state index contributed by atoms with van der Waals surface area (Å²) in [5, 5.41) is 0. The molecule has 0 atom stereocenters. The van der Waals surface area contributed by atoms with E-state index in [0.717, 1.165) is 12.1 Å². The normalized spacial score (nSPS) is 11.5. The van der Waals surface area contributed by atoms with Gasteiger partial charge >= 0.3 is 12.1 Å². The van der Waals surface area contributed by atoms with Gasteiger partial charge in [0.15, 0.2) is 5.78 Å². The van der Waals surface area contributed by atoms with E-state index in [2.05, 4.69) is 4.74 Å². The molecule has 0 spiro atoms. The highest BCUT2D eigenvalue weighted by molar-refractivity contribution is 6.07. The summed E-state index contributed by atoms with van der Waals surface area (Å²) in [5.41, 5.74) is 0.0678. The smallest absolute Gasteiger partial charge is 0.416 e. The Morgan fingerprint density at radius 1 is 1.00 bits per heavy atom. The first kappa shape index (κ1) is 17.5. The minimum Gasteiger partial charge on any atom is -0.465 e. The first-order valence-electron chi connectivity index (χ1n) is 6.89. The second kappa shape index (κ2) is 7.12. The molecule has 0 radical (unpaired) electrons. The molecule has 0 bridgehead atoms. The maximum atomic E-state index is 12.6. The van der Waals surface area contributed by atoms with Gasteiger partial charge in [-0.1, -0.05) is 30.3 Å². The number of methoxy groups -OCH3 is 1. The van der Waals surface area contributed by atoms with Crippen LogP contribution in [-0.2, 0) is 10.9 Å². The van der Waals surface area contributed by atoms with Crippen molar-refractivity contribution in [3.05, 3.63) is 76.9 Å². The summed E-state index contributed by atoms with van der Waals surface area (Å²) in [6.45, 7) is 0. The number of benzene rings is 2. The zero-order chi connectivity index (χ0) is 17.7. The Hall–Kier alpha value is -2.89. The van der Waals surface area contributed by atoms with Crippen LogP contribution in [0, 0.1) is 0 Å². The predicted molar refractivity (Wildman–Crippen MR) is 82.6 cm³/mol. The zero-order valence-electron chi connectivity index (χ0n) is 12.6. The molecule has 0 heterocycles. The molecule has 0 saturated heterocycles. The van der Waals surface area contributed by atoms with Crippen molar-refractivity contribution in [2.45, 2.75) is 6.18 Å². The van der Waals surface area contributed by atoms with Crippen molar-refractivity contribution in [1.82, 2.24) is 0 Å². The second-order valence-corrected chi connectivity index (χ2v) is 4.89. The van der Waals surface area contributed by atoms with Crippen LogP contribution in [0.1, 0.15) is 31.8 Å². The lowest BCUT2D eigenvalue weighted by Crippen LogP contribution is -2.06. The second-order valence-electron chi connectivity index (χ2n) is 4.89. The Labute approximate surface area is 136 Å². The van der Waals surface area contributed by atoms with Gasteiger partial charge in [-0.05, 0) is 35.9 Å². The van der Waals surface area contributed by atoms with Crippen LogP contribution in [-0.4, -0.2) is 18.9 Å². The number of carbonyl (C=O) groups excluding carboxylic acids is 2. The fraction of sp³-hybridized carbons (Fsp3) is 0.111. The van der Waals surface area contributed by atoms with Crippen molar-refractivity contribution in [2.75, 3.05) is 7.11 Å². The molecule has 0 aliphatic heterocycles. The van der Waals surface area contributed by atoms with Gasteiger partial charge in [-0.25, -0.2) is 4.79 Å². The van der Waals surface area contributed by atoms with Crippen molar-refractivity contribution in [2.24, 2.45) is 0 Å². The lowest BCUT2D eigenvalue weighted by molar-refractivity contribution is -0.137. The van der Waals surface area contributed by atoms with Crippen LogP contribution >= 0.6 is 0 Å². The monoisotopic (exact) mass is 334 g/mol. The molecule has 0 fully saturated rings. The van der Waals surface area contributed by atoms with Crippen molar-refractivity contribution in [3.63, 3.8) is 0 Å². The molecule has 2 aromatic rings. The summed E-state index contributed by atoms with van der Waals surface area (Å²) < 4.78 is 42.5. The summed E-state index contributed by atoms with van der Waals surface area (Å²) in [5.74, 6) is -1.02. The van der Waals surface area contributed by atoms with Gasteiger partial charge in [0, 0.05) is 5.56 Å². The SMILES string of the molecule is COC(=O)c1ccc(/C=C/C(=O)c2cccc(C(F)(F)F)c2)cc1. The van der Waals surface area contributed by atoms with Gasteiger partial charge in [0.1, 0.15) is 0 Å². The Morgan fingerprint density at radius 3 is 2.25 bits per heavy atom. The standard InChI is InChI=1S/C18H13F3O3/c1-24-17(23)13-8-5-12(6-9-13)7-10-16(22)14-3-2-4-15(11-14)18(19,20)21/h2-11H,1H3/b10-7+. The number of alkyl halides is 3. The molecule has 124 valence electrons. The van der Waals surface area contributed by atoms with Crippen molar-refractivity contribution in [3.8, 4) is 0 Å². The van der Waals surface area contributed by atoms with Crippen molar-refractivity contribution in [1.29, 1.82) is 0 Å². The first-order valence-corrected chi connectivity index (χ1v) is 6.89. The van der Waals surface area contributed by atoms with Crippen LogP contribution in [0.25, 0.3) is 6.08 Å². The minimum absolute atomic E-state index is 0.0488. The topological polar surface area (TPSA) is 43.4 Å². The van der Waals surface area contributed by atoms with E-state index in [1.54, 1.807) is 12.1 Å². The Kier molecular flexibility index (Phi) is 5.18. The van der Waals surface area contributed by atoms with Gasteiger partial charge in [-0.15, -0.1) is 0 Å². The molecule has 0 aliphatic carbocycles. The number of halogens is 3. The molecule has 0 unspecified atom stereocenters. The quantitative estimate of drug-likeness (QED) is 0.473. The predicted octanol–water partition coefficient (Wildman–Crippen LogP) is 4.39. The lowest BCUT2D eigenvalue weighted by atomic mass is 10.1. The van der Waals surface area contributed by atoms with E-state index in [-0.39, 0.29) is 5.56 Å². The summed E-state index contributed by atoms with van der Waals surface area (Å²) >= 11 is 0.